The van der Waals surface area contributed by atoms with Gasteiger partial charge < -0.3 is 25.0 Å². The van der Waals surface area contributed by atoms with E-state index in [9.17, 15) is 4.39 Å². The molecule has 2 N–H and O–H groups in total. The molecular weight excluding hydrogens is 450 g/mol. The molecule has 0 bridgehead atoms. The molecule has 1 heterocycles. The highest BCUT2D eigenvalue weighted by molar-refractivity contribution is 14.0. The topological polar surface area (TPSA) is 63.3 Å². The second-order valence-corrected chi connectivity index (χ2v) is 6.00. The maximum atomic E-state index is 13.0. The van der Waals surface area contributed by atoms with E-state index in [1.807, 2.05) is 12.1 Å². The molecule has 1 aliphatic rings. The van der Waals surface area contributed by atoms with Crippen molar-refractivity contribution < 1.29 is 13.9 Å². The van der Waals surface area contributed by atoms with Gasteiger partial charge in [-0.3, -0.25) is 4.99 Å². The molecule has 8 heteroatoms. The van der Waals surface area contributed by atoms with Gasteiger partial charge in [0.1, 0.15) is 5.82 Å². The van der Waals surface area contributed by atoms with Crippen LogP contribution >= 0.6 is 24.0 Å². The van der Waals surface area contributed by atoms with Crippen LogP contribution in [0.5, 0.6) is 0 Å². The summed E-state index contributed by atoms with van der Waals surface area (Å²) in [5.74, 6) is 0.405. The minimum atomic E-state index is -0.206. The van der Waals surface area contributed by atoms with Gasteiger partial charge >= 0.3 is 0 Å². The summed E-state index contributed by atoms with van der Waals surface area (Å²) in [6, 6.07) is 6.63. The molecule has 0 spiro atoms. The van der Waals surface area contributed by atoms with E-state index in [1.54, 1.807) is 7.11 Å². The maximum absolute atomic E-state index is 13.0. The third-order valence-corrected chi connectivity index (χ3v) is 4.20. The average Bonchev–Trinajstić information content (AvgIpc) is 2.64. The number of aliphatic imine (C=N–C) groups is 1. The van der Waals surface area contributed by atoms with Crippen LogP contribution in [0.4, 0.5) is 10.1 Å². The Hall–Kier alpha value is -1.13. The van der Waals surface area contributed by atoms with Crippen molar-refractivity contribution >= 4 is 35.6 Å². The summed E-state index contributed by atoms with van der Waals surface area (Å²) in [4.78, 5) is 8.81. The number of halogens is 2. The summed E-state index contributed by atoms with van der Waals surface area (Å²) in [5.41, 5.74) is 7.14. The number of benzene rings is 1. The quantitative estimate of drug-likeness (QED) is 0.255. The minimum Gasteiger partial charge on any atom is -0.382 e. The number of nitrogens with two attached hydrogens (primary N) is 1. The fraction of sp³-hybridized carbons (Fsp3) is 0.611. The molecule has 1 saturated heterocycles. The van der Waals surface area contributed by atoms with Crippen LogP contribution in [0.1, 0.15) is 12.8 Å². The lowest BCUT2D eigenvalue weighted by Gasteiger charge is -2.36. The van der Waals surface area contributed by atoms with Gasteiger partial charge in [-0.25, -0.2) is 4.39 Å². The molecule has 0 saturated carbocycles. The monoisotopic (exact) mass is 480 g/mol. The predicted molar refractivity (Wildman–Crippen MR) is 114 cm³/mol. The molecule has 0 radical (unpaired) electrons. The maximum Gasteiger partial charge on any atom is 0.191 e. The number of ether oxygens (including phenoxy) is 2. The largest absolute Gasteiger partial charge is 0.382 e. The molecule has 1 aromatic carbocycles. The van der Waals surface area contributed by atoms with E-state index < -0.39 is 0 Å². The zero-order valence-corrected chi connectivity index (χ0v) is 17.7. The molecule has 2 rings (SSSR count). The van der Waals surface area contributed by atoms with Crippen LogP contribution in [0.3, 0.4) is 0 Å². The molecule has 1 aromatic rings. The molecule has 26 heavy (non-hydrogen) atoms. The molecule has 148 valence electrons. The molecule has 0 atom stereocenters. The smallest absolute Gasteiger partial charge is 0.191 e. The lowest BCUT2D eigenvalue weighted by Crippen LogP contribution is -2.51. The van der Waals surface area contributed by atoms with Crippen molar-refractivity contribution in [2.45, 2.75) is 12.8 Å². The van der Waals surface area contributed by atoms with Gasteiger partial charge in [0.15, 0.2) is 5.96 Å². The number of unbranched alkanes of at least 4 members (excludes halogenated alkanes) is 1. The fourth-order valence-electron chi connectivity index (χ4n) is 2.70. The Kier molecular flexibility index (Phi) is 11.5. The minimum absolute atomic E-state index is 0. The number of anilines is 1. The Balaban J connectivity index is 0.00000338. The fourth-order valence-corrected chi connectivity index (χ4v) is 2.70. The molecule has 1 fully saturated rings. The summed E-state index contributed by atoms with van der Waals surface area (Å²) in [6.07, 6.45) is 1.93. The Morgan fingerprint density at radius 1 is 1.08 bits per heavy atom. The van der Waals surface area contributed by atoms with Crippen LogP contribution < -0.4 is 10.6 Å². The molecule has 0 aliphatic carbocycles. The zero-order chi connectivity index (χ0) is 17.9. The Bertz CT molecular complexity index is 522. The van der Waals surface area contributed by atoms with Gasteiger partial charge in [0, 0.05) is 52.1 Å². The van der Waals surface area contributed by atoms with E-state index in [0.717, 1.165) is 57.9 Å². The first-order chi connectivity index (χ1) is 12.2. The number of nitrogens with zero attached hydrogens (tertiary/aromatic N) is 3. The summed E-state index contributed by atoms with van der Waals surface area (Å²) in [6.45, 7) is 6.09. The van der Waals surface area contributed by atoms with Crippen molar-refractivity contribution in [1.82, 2.24) is 4.90 Å². The van der Waals surface area contributed by atoms with E-state index in [1.165, 1.54) is 12.1 Å². The molecular formula is C18H30FIN4O2. The van der Waals surface area contributed by atoms with Gasteiger partial charge in [0.2, 0.25) is 0 Å². The molecule has 0 amide bonds. The van der Waals surface area contributed by atoms with E-state index in [4.69, 9.17) is 15.2 Å². The summed E-state index contributed by atoms with van der Waals surface area (Å²) >= 11 is 0. The van der Waals surface area contributed by atoms with Crippen molar-refractivity contribution in [3.63, 3.8) is 0 Å². The first kappa shape index (κ1) is 22.9. The highest BCUT2D eigenvalue weighted by Crippen LogP contribution is 2.16. The Labute approximate surface area is 172 Å². The molecule has 0 unspecified atom stereocenters. The van der Waals surface area contributed by atoms with Crippen LogP contribution in [0, 0.1) is 5.82 Å². The van der Waals surface area contributed by atoms with Gasteiger partial charge in [-0.15, -0.1) is 24.0 Å². The average molecular weight is 480 g/mol. The summed E-state index contributed by atoms with van der Waals surface area (Å²) in [5, 5.41) is 0. The van der Waals surface area contributed by atoms with Gasteiger partial charge in [-0.1, -0.05) is 0 Å². The normalized spacial score (nSPS) is 15.1. The first-order valence-electron chi connectivity index (χ1n) is 8.83. The number of piperazine rings is 1. The SMILES string of the molecule is COCCOCCCCN=C(N)N1CCN(c2ccc(F)cc2)CC1.I. The van der Waals surface area contributed by atoms with E-state index in [0.29, 0.717) is 19.2 Å². The van der Waals surface area contributed by atoms with E-state index >= 15 is 0 Å². The van der Waals surface area contributed by atoms with Crippen molar-refractivity contribution in [3.05, 3.63) is 30.1 Å². The third kappa shape index (κ3) is 8.05. The van der Waals surface area contributed by atoms with Crippen LogP contribution in [0.15, 0.2) is 29.3 Å². The second kappa shape index (κ2) is 13.1. The highest BCUT2D eigenvalue weighted by atomic mass is 127. The lowest BCUT2D eigenvalue weighted by molar-refractivity contribution is 0.0690. The molecule has 6 nitrogen and oxygen atoms in total. The zero-order valence-electron chi connectivity index (χ0n) is 15.4. The molecule has 0 aromatic heterocycles. The second-order valence-electron chi connectivity index (χ2n) is 6.00. The highest BCUT2D eigenvalue weighted by Gasteiger charge is 2.18. The van der Waals surface area contributed by atoms with E-state index in [-0.39, 0.29) is 29.8 Å². The lowest BCUT2D eigenvalue weighted by atomic mass is 10.2. The number of rotatable bonds is 9. The number of hydrogen-bond acceptors (Lipinski definition) is 4. The van der Waals surface area contributed by atoms with E-state index in [2.05, 4.69) is 14.8 Å². The standard InChI is InChI=1S/C18H29FN4O2.HI/c1-24-14-15-25-13-3-2-8-21-18(20)23-11-9-22(10-12-23)17-6-4-16(19)5-7-17;/h4-7H,2-3,8-15H2,1H3,(H2,20,21);1H. The Morgan fingerprint density at radius 2 is 1.77 bits per heavy atom. The van der Waals surface area contributed by atoms with Crippen LogP contribution in [-0.4, -0.2) is 70.5 Å². The Morgan fingerprint density at radius 3 is 2.42 bits per heavy atom. The van der Waals surface area contributed by atoms with Crippen LogP contribution in [0.25, 0.3) is 0 Å². The van der Waals surface area contributed by atoms with Crippen LogP contribution in [-0.2, 0) is 9.47 Å². The first-order valence-corrected chi connectivity index (χ1v) is 8.83. The van der Waals surface area contributed by atoms with Crippen molar-refractivity contribution in [2.24, 2.45) is 10.7 Å². The van der Waals surface area contributed by atoms with Crippen molar-refractivity contribution in [1.29, 1.82) is 0 Å². The predicted octanol–water partition coefficient (Wildman–Crippen LogP) is 2.32. The van der Waals surface area contributed by atoms with Gasteiger partial charge in [-0.2, -0.15) is 0 Å². The van der Waals surface area contributed by atoms with Crippen molar-refractivity contribution in [2.75, 3.05) is 64.6 Å². The third-order valence-electron chi connectivity index (χ3n) is 4.20. The van der Waals surface area contributed by atoms with Crippen molar-refractivity contribution in [3.8, 4) is 0 Å². The van der Waals surface area contributed by atoms with Gasteiger partial charge in [0.05, 0.1) is 13.2 Å². The molecule has 1 aliphatic heterocycles. The van der Waals surface area contributed by atoms with Gasteiger partial charge in [0.25, 0.3) is 0 Å². The van der Waals surface area contributed by atoms with Gasteiger partial charge in [-0.05, 0) is 37.1 Å². The number of guanidine groups is 1. The number of methoxy groups -OCH3 is 1. The van der Waals surface area contributed by atoms with Crippen LogP contribution in [0.2, 0.25) is 0 Å². The number of hydrogen-bond donors (Lipinski definition) is 1. The summed E-state index contributed by atoms with van der Waals surface area (Å²) < 4.78 is 23.3. The summed E-state index contributed by atoms with van der Waals surface area (Å²) in [7, 11) is 1.67.